The van der Waals surface area contributed by atoms with E-state index in [1.165, 1.54) is 0 Å². The van der Waals surface area contributed by atoms with Crippen LogP contribution < -0.4 is 4.90 Å². The van der Waals surface area contributed by atoms with Crippen molar-refractivity contribution in [3.63, 3.8) is 0 Å². The zero-order valence-corrected chi connectivity index (χ0v) is 19.1. The number of fused-ring (bicyclic) bond motifs is 1. The number of piperazine rings is 1. The molecule has 1 amide bonds. The van der Waals surface area contributed by atoms with Gasteiger partial charge < -0.3 is 9.80 Å². The van der Waals surface area contributed by atoms with Gasteiger partial charge in [-0.25, -0.2) is 9.97 Å². The van der Waals surface area contributed by atoms with E-state index in [1.807, 2.05) is 42.5 Å². The van der Waals surface area contributed by atoms with Crippen LogP contribution in [0.4, 0.5) is 19.0 Å². The highest BCUT2D eigenvalue weighted by molar-refractivity contribution is 6.33. The molecule has 6 nitrogen and oxygen atoms in total. The number of rotatable bonds is 3. The summed E-state index contributed by atoms with van der Waals surface area (Å²) in [6.45, 7) is 1.51. The van der Waals surface area contributed by atoms with Crippen LogP contribution in [0.1, 0.15) is 15.9 Å². The summed E-state index contributed by atoms with van der Waals surface area (Å²) in [5.41, 5.74) is 1.59. The van der Waals surface area contributed by atoms with Crippen molar-refractivity contribution < 1.29 is 18.0 Å². The molecule has 4 aromatic rings. The average molecular weight is 498 g/mol. The predicted octanol–water partition coefficient (Wildman–Crippen LogP) is 5.33. The molecule has 5 rings (SSSR count). The van der Waals surface area contributed by atoms with Gasteiger partial charge in [0.1, 0.15) is 5.82 Å². The number of hydrogen-bond donors (Lipinski definition) is 0. The maximum Gasteiger partial charge on any atom is 0.417 e. The molecule has 1 aliphatic rings. The Labute approximate surface area is 204 Å². The first-order valence-corrected chi connectivity index (χ1v) is 11.3. The Balaban J connectivity index is 1.39. The Morgan fingerprint density at radius 2 is 1.66 bits per heavy atom. The number of carbonyl (C=O) groups is 1. The molecule has 0 spiro atoms. The van der Waals surface area contributed by atoms with Crippen molar-refractivity contribution in [2.75, 3.05) is 31.1 Å². The van der Waals surface area contributed by atoms with Gasteiger partial charge in [0.05, 0.1) is 33.1 Å². The highest BCUT2D eigenvalue weighted by Gasteiger charge is 2.32. The maximum atomic E-state index is 13.6. The van der Waals surface area contributed by atoms with Crippen molar-refractivity contribution in [2.24, 2.45) is 0 Å². The van der Waals surface area contributed by atoms with Crippen LogP contribution in [-0.4, -0.2) is 51.9 Å². The Kier molecular flexibility index (Phi) is 6.02. The zero-order valence-electron chi connectivity index (χ0n) is 18.3. The molecule has 0 saturated carbocycles. The van der Waals surface area contributed by atoms with E-state index in [4.69, 9.17) is 11.6 Å². The van der Waals surface area contributed by atoms with Crippen LogP contribution >= 0.6 is 11.6 Å². The van der Waals surface area contributed by atoms with Crippen molar-refractivity contribution in [3.8, 4) is 11.4 Å². The second-order valence-electron chi connectivity index (χ2n) is 8.09. The quantitative estimate of drug-likeness (QED) is 0.383. The fraction of sp³-hybridized carbons (Fsp3) is 0.200. The largest absolute Gasteiger partial charge is 0.417 e. The monoisotopic (exact) mass is 497 g/mol. The predicted molar refractivity (Wildman–Crippen MR) is 127 cm³/mol. The van der Waals surface area contributed by atoms with Crippen LogP contribution in [0.15, 0.2) is 67.0 Å². The number of anilines is 1. The van der Waals surface area contributed by atoms with Gasteiger partial charge in [-0.05, 0) is 30.3 Å². The third kappa shape index (κ3) is 4.64. The summed E-state index contributed by atoms with van der Waals surface area (Å²) < 4.78 is 38.8. The normalized spacial score (nSPS) is 14.4. The van der Waals surface area contributed by atoms with E-state index >= 15 is 0 Å². The molecule has 1 fully saturated rings. The number of amides is 1. The van der Waals surface area contributed by atoms with Crippen LogP contribution in [0.25, 0.3) is 22.3 Å². The molecule has 0 atom stereocenters. The van der Waals surface area contributed by atoms with Crippen molar-refractivity contribution in [1.82, 2.24) is 19.9 Å². The van der Waals surface area contributed by atoms with Crippen molar-refractivity contribution >= 4 is 34.2 Å². The first-order chi connectivity index (χ1) is 16.8. The standard InChI is InChI=1S/C25H19ClF3N5O/c26-19-13-16(25(27,28)29)15-31-23(19)33-9-11-34(12-10-33)24(35)18-14-22(21-7-3-4-8-30-21)32-20-6-2-1-5-17(18)20/h1-8,13-15H,9-12H2. The first-order valence-electron chi connectivity index (χ1n) is 10.9. The molecule has 0 radical (unpaired) electrons. The number of para-hydroxylation sites is 1. The second kappa shape index (κ2) is 9.14. The first kappa shape index (κ1) is 23.0. The topological polar surface area (TPSA) is 62.2 Å². The summed E-state index contributed by atoms with van der Waals surface area (Å²) in [6.07, 6.45) is -2.06. The molecule has 0 unspecified atom stereocenters. The summed E-state index contributed by atoms with van der Waals surface area (Å²) in [4.78, 5) is 30.0. The van der Waals surface area contributed by atoms with Crippen LogP contribution in [0.5, 0.6) is 0 Å². The highest BCUT2D eigenvalue weighted by atomic mass is 35.5. The molecule has 178 valence electrons. The number of benzene rings is 1. The SMILES string of the molecule is O=C(c1cc(-c2ccccn2)nc2ccccc12)N1CCN(c2ncc(C(F)(F)F)cc2Cl)CC1. The Morgan fingerprint density at radius 1 is 0.914 bits per heavy atom. The van der Waals surface area contributed by atoms with Gasteiger partial charge in [-0.3, -0.25) is 9.78 Å². The molecule has 1 saturated heterocycles. The summed E-state index contributed by atoms with van der Waals surface area (Å²) >= 11 is 6.11. The third-order valence-corrected chi connectivity index (χ3v) is 6.17. The minimum Gasteiger partial charge on any atom is -0.352 e. The molecular formula is C25H19ClF3N5O. The van der Waals surface area contributed by atoms with E-state index < -0.39 is 11.7 Å². The second-order valence-corrected chi connectivity index (χ2v) is 8.50. The van der Waals surface area contributed by atoms with Crippen LogP contribution in [-0.2, 0) is 6.18 Å². The fourth-order valence-corrected chi connectivity index (χ4v) is 4.39. The summed E-state index contributed by atoms with van der Waals surface area (Å²) in [5.74, 6) is 0.130. The van der Waals surface area contributed by atoms with Crippen molar-refractivity contribution in [2.45, 2.75) is 6.18 Å². The molecule has 3 aromatic heterocycles. The molecule has 0 N–H and O–H groups in total. The van der Waals surface area contributed by atoms with Gasteiger partial charge in [-0.1, -0.05) is 35.9 Å². The molecular weight excluding hydrogens is 479 g/mol. The smallest absolute Gasteiger partial charge is 0.352 e. The number of hydrogen-bond acceptors (Lipinski definition) is 5. The zero-order chi connectivity index (χ0) is 24.6. The molecule has 10 heteroatoms. The van der Waals surface area contributed by atoms with Gasteiger partial charge in [0, 0.05) is 44.0 Å². The maximum absolute atomic E-state index is 13.6. The number of nitrogens with zero attached hydrogens (tertiary/aromatic N) is 5. The molecule has 1 aromatic carbocycles. The Hall–Kier alpha value is -3.72. The van der Waals surface area contributed by atoms with Crippen molar-refractivity contribution in [1.29, 1.82) is 0 Å². The van der Waals surface area contributed by atoms with E-state index in [9.17, 15) is 18.0 Å². The lowest BCUT2D eigenvalue weighted by molar-refractivity contribution is -0.137. The van der Waals surface area contributed by atoms with E-state index in [0.29, 0.717) is 48.6 Å². The molecule has 35 heavy (non-hydrogen) atoms. The van der Waals surface area contributed by atoms with Crippen molar-refractivity contribution in [3.05, 3.63) is 83.1 Å². The number of halogens is 4. The number of carbonyl (C=O) groups excluding carboxylic acids is 1. The summed E-state index contributed by atoms with van der Waals surface area (Å²) in [7, 11) is 0. The molecule has 4 heterocycles. The average Bonchev–Trinajstić information content (AvgIpc) is 2.87. The fourth-order valence-electron chi connectivity index (χ4n) is 4.11. The number of alkyl halides is 3. The Morgan fingerprint density at radius 3 is 2.34 bits per heavy atom. The number of pyridine rings is 3. The van der Waals surface area contributed by atoms with Gasteiger partial charge in [0.25, 0.3) is 5.91 Å². The van der Waals surface area contributed by atoms with E-state index in [0.717, 1.165) is 17.6 Å². The molecule has 1 aliphatic heterocycles. The van der Waals surface area contributed by atoms with Crippen LogP contribution in [0.3, 0.4) is 0 Å². The lowest BCUT2D eigenvalue weighted by atomic mass is 10.0. The summed E-state index contributed by atoms with van der Waals surface area (Å²) in [6, 6.07) is 15.6. The summed E-state index contributed by atoms with van der Waals surface area (Å²) in [5, 5.41) is 0.673. The van der Waals surface area contributed by atoms with E-state index in [-0.39, 0.29) is 16.7 Å². The highest BCUT2D eigenvalue weighted by Crippen LogP contribution is 2.34. The minimum atomic E-state index is -4.51. The van der Waals surface area contributed by atoms with Gasteiger partial charge in [0.15, 0.2) is 0 Å². The minimum absolute atomic E-state index is 0.0697. The van der Waals surface area contributed by atoms with Gasteiger partial charge >= 0.3 is 6.18 Å². The van der Waals surface area contributed by atoms with E-state index in [1.54, 1.807) is 22.1 Å². The van der Waals surface area contributed by atoms with Gasteiger partial charge in [0.2, 0.25) is 0 Å². The lowest BCUT2D eigenvalue weighted by Crippen LogP contribution is -2.49. The lowest BCUT2D eigenvalue weighted by Gasteiger charge is -2.36. The Bertz CT molecular complexity index is 1390. The van der Waals surface area contributed by atoms with Gasteiger partial charge in [-0.15, -0.1) is 0 Å². The van der Waals surface area contributed by atoms with Crippen LogP contribution in [0, 0.1) is 0 Å². The number of aromatic nitrogens is 3. The van der Waals surface area contributed by atoms with Gasteiger partial charge in [-0.2, -0.15) is 13.2 Å². The third-order valence-electron chi connectivity index (χ3n) is 5.89. The molecule has 0 bridgehead atoms. The van der Waals surface area contributed by atoms with E-state index in [2.05, 4.69) is 15.0 Å². The van der Waals surface area contributed by atoms with Crippen LogP contribution in [0.2, 0.25) is 5.02 Å². The molecule has 0 aliphatic carbocycles.